The maximum atomic E-state index is 13.1. The number of hydrogen-bond acceptors (Lipinski definition) is 4. The van der Waals surface area contributed by atoms with Crippen LogP contribution in [0.3, 0.4) is 0 Å². The molecule has 2 aliphatic rings. The van der Waals surface area contributed by atoms with Gasteiger partial charge in [-0.05, 0) is 85.0 Å². The average molecular weight is 549 g/mol. The lowest BCUT2D eigenvalue weighted by Gasteiger charge is -2.34. The predicted molar refractivity (Wildman–Crippen MR) is 158 cm³/mol. The van der Waals surface area contributed by atoms with E-state index in [-0.39, 0.29) is 23.4 Å². The first-order chi connectivity index (χ1) is 19.8. The van der Waals surface area contributed by atoms with Crippen LogP contribution in [0.1, 0.15) is 55.4 Å². The first-order valence-corrected chi connectivity index (χ1v) is 14.3. The zero-order valence-electron chi connectivity index (χ0n) is 23.8. The summed E-state index contributed by atoms with van der Waals surface area (Å²) in [4.78, 5) is 32.2. The fourth-order valence-electron chi connectivity index (χ4n) is 5.77. The zero-order valence-corrected chi connectivity index (χ0v) is 23.8. The van der Waals surface area contributed by atoms with Gasteiger partial charge in [0.15, 0.2) is 0 Å². The smallest absolute Gasteiger partial charge is 0.318 e. The van der Waals surface area contributed by atoms with Gasteiger partial charge in [0.25, 0.3) is 0 Å². The first-order valence-electron chi connectivity index (χ1n) is 14.3. The standard InChI is InChI=1S/C33H36N6O2/c1-33(2,3)37-32(41)38-15-14-27-26(23-10-7-11-25(16-23)39-21-34-20-36-39)13-12-24(30(27)19-38)18-35-31(40)29-17-28(29)22-8-5-4-6-9-22/h4-13,16,20-21,28-29H,14-15,17-19H2,1-3H3,(H,35,40)(H,37,41). The summed E-state index contributed by atoms with van der Waals surface area (Å²) < 4.78 is 1.75. The predicted octanol–water partition coefficient (Wildman–Crippen LogP) is 5.22. The zero-order chi connectivity index (χ0) is 28.6. The molecule has 0 radical (unpaired) electrons. The van der Waals surface area contributed by atoms with Crippen molar-refractivity contribution in [3.63, 3.8) is 0 Å². The second-order valence-corrected chi connectivity index (χ2v) is 12.0. The van der Waals surface area contributed by atoms with E-state index in [4.69, 9.17) is 0 Å². The molecule has 1 saturated carbocycles. The highest BCUT2D eigenvalue weighted by Crippen LogP contribution is 2.47. The third kappa shape index (κ3) is 5.87. The molecule has 2 atom stereocenters. The number of carbonyl (C=O) groups is 2. The molecule has 4 aromatic rings. The number of hydrogen-bond donors (Lipinski definition) is 2. The number of fused-ring (bicyclic) bond motifs is 1. The van der Waals surface area contributed by atoms with Gasteiger partial charge in [-0.1, -0.05) is 54.6 Å². The van der Waals surface area contributed by atoms with Crippen LogP contribution in [-0.4, -0.2) is 43.7 Å². The molecule has 0 bridgehead atoms. The molecule has 2 heterocycles. The minimum Gasteiger partial charge on any atom is -0.352 e. The van der Waals surface area contributed by atoms with E-state index >= 15 is 0 Å². The molecule has 1 fully saturated rings. The largest absolute Gasteiger partial charge is 0.352 e. The highest BCUT2D eigenvalue weighted by molar-refractivity contribution is 5.83. The molecule has 0 saturated heterocycles. The molecule has 3 amide bonds. The lowest BCUT2D eigenvalue weighted by Crippen LogP contribution is -2.50. The Morgan fingerprint density at radius 3 is 2.59 bits per heavy atom. The molecule has 2 unspecified atom stereocenters. The van der Waals surface area contributed by atoms with Gasteiger partial charge in [-0.25, -0.2) is 14.5 Å². The van der Waals surface area contributed by atoms with Crippen molar-refractivity contribution in [2.75, 3.05) is 6.54 Å². The Morgan fingerprint density at radius 2 is 1.83 bits per heavy atom. The topological polar surface area (TPSA) is 92.2 Å². The number of carbonyl (C=O) groups excluding carboxylic acids is 2. The van der Waals surface area contributed by atoms with Gasteiger partial charge in [-0.2, -0.15) is 5.10 Å². The van der Waals surface area contributed by atoms with Crippen LogP contribution in [0.4, 0.5) is 4.79 Å². The summed E-state index contributed by atoms with van der Waals surface area (Å²) in [6, 6.07) is 22.7. The van der Waals surface area contributed by atoms with Gasteiger partial charge in [0.2, 0.25) is 5.91 Å². The lowest BCUT2D eigenvalue weighted by molar-refractivity contribution is -0.122. The Bertz CT molecular complexity index is 1560. The molecule has 41 heavy (non-hydrogen) atoms. The molecule has 3 aromatic carbocycles. The Kier molecular flexibility index (Phi) is 7.07. The lowest BCUT2D eigenvalue weighted by atomic mass is 9.87. The van der Waals surface area contributed by atoms with Crippen LogP contribution in [0, 0.1) is 5.92 Å². The van der Waals surface area contributed by atoms with Crippen molar-refractivity contribution in [2.24, 2.45) is 5.92 Å². The number of nitrogens with one attached hydrogen (secondary N) is 2. The Morgan fingerprint density at radius 1 is 1.00 bits per heavy atom. The van der Waals surface area contributed by atoms with Crippen LogP contribution in [0.2, 0.25) is 0 Å². The van der Waals surface area contributed by atoms with Crippen LogP contribution in [0.5, 0.6) is 0 Å². The Hall–Kier alpha value is -4.46. The van der Waals surface area contributed by atoms with Crippen LogP contribution >= 0.6 is 0 Å². The van der Waals surface area contributed by atoms with Gasteiger partial charge in [0.1, 0.15) is 12.7 Å². The number of rotatable bonds is 6. The molecule has 6 rings (SSSR count). The second kappa shape index (κ2) is 10.8. The highest BCUT2D eigenvalue weighted by atomic mass is 16.2. The van der Waals surface area contributed by atoms with Gasteiger partial charge < -0.3 is 15.5 Å². The fraction of sp³-hybridized carbons (Fsp3) is 0.333. The third-order valence-corrected chi connectivity index (χ3v) is 7.93. The highest BCUT2D eigenvalue weighted by Gasteiger charge is 2.43. The van der Waals surface area contributed by atoms with E-state index in [1.165, 1.54) is 17.5 Å². The SMILES string of the molecule is CC(C)(C)NC(=O)N1CCc2c(-c3cccc(-n4cncn4)c3)ccc(CNC(=O)C3CC3c3ccccc3)c2C1. The van der Waals surface area contributed by atoms with E-state index in [0.717, 1.165) is 40.8 Å². The van der Waals surface area contributed by atoms with Gasteiger partial charge >= 0.3 is 6.03 Å². The average Bonchev–Trinajstić information content (AvgIpc) is 3.59. The summed E-state index contributed by atoms with van der Waals surface area (Å²) >= 11 is 0. The summed E-state index contributed by atoms with van der Waals surface area (Å²) in [5.41, 5.74) is 7.44. The molecule has 210 valence electrons. The number of urea groups is 1. The normalized spacial score (nSPS) is 18.0. The van der Waals surface area contributed by atoms with Crippen LogP contribution < -0.4 is 10.6 Å². The van der Waals surface area contributed by atoms with E-state index in [0.29, 0.717) is 25.6 Å². The van der Waals surface area contributed by atoms with Gasteiger partial charge in [0, 0.05) is 31.1 Å². The number of benzene rings is 3. The van der Waals surface area contributed by atoms with Gasteiger partial charge in [-0.3, -0.25) is 4.79 Å². The number of amides is 3. The van der Waals surface area contributed by atoms with E-state index in [1.54, 1.807) is 11.0 Å². The summed E-state index contributed by atoms with van der Waals surface area (Å²) in [6.45, 7) is 7.53. The molecule has 1 aliphatic heterocycles. The van der Waals surface area contributed by atoms with Crippen molar-refractivity contribution in [1.29, 1.82) is 0 Å². The van der Waals surface area contributed by atoms with Crippen LogP contribution in [-0.2, 0) is 24.3 Å². The molecule has 0 spiro atoms. The quantitative estimate of drug-likeness (QED) is 0.346. The number of nitrogens with zero attached hydrogens (tertiary/aromatic N) is 4. The monoisotopic (exact) mass is 548 g/mol. The maximum Gasteiger partial charge on any atom is 0.318 e. The van der Waals surface area contributed by atoms with E-state index < -0.39 is 0 Å². The summed E-state index contributed by atoms with van der Waals surface area (Å²) in [6.07, 6.45) is 4.83. The van der Waals surface area contributed by atoms with E-state index in [2.05, 4.69) is 57.1 Å². The molecule has 8 nitrogen and oxygen atoms in total. The third-order valence-electron chi connectivity index (χ3n) is 7.93. The summed E-state index contributed by atoms with van der Waals surface area (Å²) in [5, 5.41) is 10.6. The number of aromatic nitrogens is 3. The molecular weight excluding hydrogens is 512 g/mol. The molecule has 1 aromatic heterocycles. The Labute approximate surface area is 240 Å². The molecular formula is C33H36N6O2. The van der Waals surface area contributed by atoms with Crippen LogP contribution in [0.25, 0.3) is 16.8 Å². The van der Waals surface area contributed by atoms with Crippen molar-refractivity contribution in [2.45, 2.75) is 58.2 Å². The first kappa shape index (κ1) is 26.7. The molecule has 1 aliphatic carbocycles. The minimum atomic E-state index is -0.322. The second-order valence-electron chi connectivity index (χ2n) is 12.0. The van der Waals surface area contributed by atoms with Crippen molar-refractivity contribution in [3.05, 3.63) is 102 Å². The van der Waals surface area contributed by atoms with Crippen LogP contribution in [0.15, 0.2) is 79.4 Å². The molecule has 8 heteroatoms. The van der Waals surface area contributed by atoms with Gasteiger partial charge in [0.05, 0.1) is 5.69 Å². The minimum absolute atomic E-state index is 0.0149. The van der Waals surface area contributed by atoms with E-state index in [9.17, 15) is 9.59 Å². The van der Waals surface area contributed by atoms with E-state index in [1.807, 2.05) is 56.0 Å². The molecule has 2 N–H and O–H groups in total. The van der Waals surface area contributed by atoms with Crippen molar-refractivity contribution in [1.82, 2.24) is 30.3 Å². The summed E-state index contributed by atoms with van der Waals surface area (Å²) in [7, 11) is 0. The van der Waals surface area contributed by atoms with Crippen molar-refractivity contribution in [3.8, 4) is 16.8 Å². The summed E-state index contributed by atoms with van der Waals surface area (Å²) in [5.74, 6) is 0.401. The van der Waals surface area contributed by atoms with Gasteiger partial charge in [-0.15, -0.1) is 0 Å². The maximum absolute atomic E-state index is 13.1. The van der Waals surface area contributed by atoms with Crippen molar-refractivity contribution < 1.29 is 9.59 Å². The Balaban J connectivity index is 1.27. The fourth-order valence-corrected chi connectivity index (χ4v) is 5.77. The van der Waals surface area contributed by atoms with Crippen molar-refractivity contribution >= 4 is 11.9 Å².